The maximum atomic E-state index is 6.13. The first-order valence-corrected chi connectivity index (χ1v) is 10.7. The Balaban J connectivity index is 0.00000162. The summed E-state index contributed by atoms with van der Waals surface area (Å²) in [5.74, 6) is 1.43. The SMILES string of the molecule is CC(C)(CN)COc1cccc2ccc(-c3nnc4ccc(-c5ccccc5)cn34)nc12.Cl.Cl. The summed E-state index contributed by atoms with van der Waals surface area (Å²) < 4.78 is 8.11. The highest BCUT2D eigenvalue weighted by Gasteiger charge is 2.18. The quantitative estimate of drug-likeness (QED) is 0.321. The van der Waals surface area contributed by atoms with Crippen LogP contribution in [0.25, 0.3) is 39.2 Å². The maximum absolute atomic E-state index is 6.13. The second-order valence-corrected chi connectivity index (χ2v) is 8.72. The highest BCUT2D eigenvalue weighted by molar-refractivity contribution is 5.86. The molecule has 2 N–H and O–H groups in total. The molecule has 3 heterocycles. The molecular formula is C26H27Cl2N5O. The molecule has 0 saturated heterocycles. The molecule has 176 valence electrons. The monoisotopic (exact) mass is 495 g/mol. The molecule has 2 aromatic carbocycles. The predicted molar refractivity (Wildman–Crippen MR) is 142 cm³/mol. The van der Waals surface area contributed by atoms with Crippen LogP contribution < -0.4 is 10.5 Å². The van der Waals surface area contributed by atoms with E-state index in [1.807, 2.05) is 59.0 Å². The molecule has 0 spiro atoms. The number of hydrogen-bond acceptors (Lipinski definition) is 5. The first-order chi connectivity index (χ1) is 15.5. The lowest BCUT2D eigenvalue weighted by atomic mass is 9.95. The highest BCUT2D eigenvalue weighted by atomic mass is 35.5. The fourth-order valence-electron chi connectivity index (χ4n) is 3.56. The summed E-state index contributed by atoms with van der Waals surface area (Å²) >= 11 is 0. The largest absolute Gasteiger partial charge is 0.491 e. The van der Waals surface area contributed by atoms with E-state index in [0.29, 0.717) is 19.0 Å². The molecule has 0 bridgehead atoms. The van der Waals surface area contributed by atoms with Crippen molar-refractivity contribution in [2.75, 3.05) is 13.2 Å². The third-order valence-corrected chi connectivity index (χ3v) is 5.59. The highest BCUT2D eigenvalue weighted by Crippen LogP contribution is 2.29. The van der Waals surface area contributed by atoms with Gasteiger partial charge in [0, 0.05) is 23.5 Å². The zero-order valence-corrected chi connectivity index (χ0v) is 20.6. The predicted octanol–water partition coefficient (Wildman–Crippen LogP) is 5.82. The van der Waals surface area contributed by atoms with Gasteiger partial charge in [-0.25, -0.2) is 4.98 Å². The molecular weight excluding hydrogens is 469 g/mol. The Morgan fingerprint density at radius 2 is 1.65 bits per heavy atom. The third-order valence-electron chi connectivity index (χ3n) is 5.59. The molecule has 5 aromatic rings. The fourth-order valence-corrected chi connectivity index (χ4v) is 3.56. The minimum absolute atomic E-state index is 0. The Bertz CT molecular complexity index is 1400. The van der Waals surface area contributed by atoms with Gasteiger partial charge in [0.1, 0.15) is 17.0 Å². The Morgan fingerprint density at radius 3 is 2.41 bits per heavy atom. The van der Waals surface area contributed by atoms with E-state index < -0.39 is 0 Å². The molecule has 8 heteroatoms. The number of para-hydroxylation sites is 1. The molecule has 0 fully saturated rings. The molecule has 0 aliphatic rings. The molecule has 5 rings (SSSR count). The van der Waals surface area contributed by atoms with E-state index in [-0.39, 0.29) is 30.2 Å². The van der Waals surface area contributed by atoms with Crippen LogP contribution in [0, 0.1) is 5.41 Å². The maximum Gasteiger partial charge on any atom is 0.187 e. The van der Waals surface area contributed by atoms with Gasteiger partial charge in [-0.2, -0.15) is 0 Å². The minimum atomic E-state index is -0.114. The van der Waals surface area contributed by atoms with Gasteiger partial charge in [-0.1, -0.05) is 62.4 Å². The van der Waals surface area contributed by atoms with E-state index in [1.165, 1.54) is 0 Å². The van der Waals surface area contributed by atoms with E-state index >= 15 is 0 Å². The van der Waals surface area contributed by atoms with Crippen LogP contribution in [0.2, 0.25) is 0 Å². The van der Waals surface area contributed by atoms with Crippen LogP contribution in [-0.2, 0) is 0 Å². The zero-order chi connectivity index (χ0) is 22.1. The van der Waals surface area contributed by atoms with Gasteiger partial charge in [-0.15, -0.1) is 35.0 Å². The third kappa shape index (κ3) is 4.99. The Labute approximate surface area is 211 Å². The van der Waals surface area contributed by atoms with E-state index in [4.69, 9.17) is 15.5 Å². The number of fused-ring (bicyclic) bond motifs is 2. The van der Waals surface area contributed by atoms with Gasteiger partial charge >= 0.3 is 0 Å². The Hall–Kier alpha value is -3.19. The van der Waals surface area contributed by atoms with Gasteiger partial charge in [0.05, 0.1) is 6.61 Å². The normalized spacial score (nSPS) is 11.1. The van der Waals surface area contributed by atoms with E-state index in [9.17, 15) is 0 Å². The molecule has 0 aliphatic heterocycles. The summed E-state index contributed by atoms with van der Waals surface area (Å²) in [7, 11) is 0. The standard InChI is InChI=1S/C26H25N5O.2ClH/c1-26(2,16-27)17-32-22-10-6-9-19-11-13-21(28-24(19)22)25-30-29-23-14-12-20(15-31(23)25)18-7-4-3-5-8-18;;/h3-15H,16-17,27H2,1-2H3;2*1H. The van der Waals surface area contributed by atoms with Gasteiger partial charge < -0.3 is 10.5 Å². The van der Waals surface area contributed by atoms with Crippen LogP contribution in [0.15, 0.2) is 79.0 Å². The topological polar surface area (TPSA) is 78.3 Å². The van der Waals surface area contributed by atoms with Gasteiger partial charge in [-0.3, -0.25) is 4.40 Å². The molecule has 0 aliphatic carbocycles. The summed E-state index contributed by atoms with van der Waals surface area (Å²) in [5.41, 5.74) is 10.3. The van der Waals surface area contributed by atoms with Crippen molar-refractivity contribution in [3.63, 3.8) is 0 Å². The molecule has 0 amide bonds. The van der Waals surface area contributed by atoms with Crippen molar-refractivity contribution in [3.05, 3.63) is 79.0 Å². The number of benzene rings is 2. The van der Waals surface area contributed by atoms with Gasteiger partial charge in [-0.05, 0) is 35.4 Å². The second-order valence-electron chi connectivity index (χ2n) is 8.72. The average molecular weight is 496 g/mol. The summed E-state index contributed by atoms with van der Waals surface area (Å²) in [6.07, 6.45) is 2.05. The lowest BCUT2D eigenvalue weighted by Gasteiger charge is -2.22. The van der Waals surface area contributed by atoms with Crippen molar-refractivity contribution in [1.29, 1.82) is 0 Å². The summed E-state index contributed by atoms with van der Waals surface area (Å²) in [6, 6.07) is 24.3. The summed E-state index contributed by atoms with van der Waals surface area (Å²) in [4.78, 5) is 4.92. The van der Waals surface area contributed by atoms with Crippen LogP contribution in [0.3, 0.4) is 0 Å². The smallest absolute Gasteiger partial charge is 0.187 e. The van der Waals surface area contributed by atoms with E-state index in [0.717, 1.165) is 39.1 Å². The number of nitrogens with zero attached hydrogens (tertiary/aromatic N) is 4. The van der Waals surface area contributed by atoms with Crippen LogP contribution >= 0.6 is 24.8 Å². The van der Waals surface area contributed by atoms with Crippen molar-refractivity contribution in [3.8, 4) is 28.4 Å². The number of rotatable bonds is 6. The molecule has 0 unspecified atom stereocenters. The van der Waals surface area contributed by atoms with Crippen molar-refractivity contribution in [2.24, 2.45) is 11.1 Å². The number of pyridine rings is 2. The number of ether oxygens (including phenoxy) is 1. The van der Waals surface area contributed by atoms with Gasteiger partial charge in [0.15, 0.2) is 11.5 Å². The van der Waals surface area contributed by atoms with Crippen LogP contribution in [0.5, 0.6) is 5.75 Å². The van der Waals surface area contributed by atoms with Gasteiger partial charge in [0.2, 0.25) is 0 Å². The molecule has 0 saturated carbocycles. The first kappa shape index (κ1) is 25.4. The Kier molecular flexibility index (Phi) is 7.77. The number of halogens is 2. The first-order valence-electron chi connectivity index (χ1n) is 10.7. The van der Waals surface area contributed by atoms with Crippen LogP contribution in [-0.4, -0.2) is 32.7 Å². The van der Waals surface area contributed by atoms with Crippen molar-refractivity contribution >= 4 is 41.4 Å². The zero-order valence-electron chi connectivity index (χ0n) is 19.0. The second kappa shape index (κ2) is 10.4. The lowest BCUT2D eigenvalue weighted by Crippen LogP contribution is -2.30. The Morgan fingerprint density at radius 1 is 0.853 bits per heavy atom. The summed E-state index contributed by atoms with van der Waals surface area (Å²) in [5, 5.41) is 9.78. The average Bonchev–Trinajstić information content (AvgIpc) is 3.26. The molecule has 0 atom stereocenters. The minimum Gasteiger partial charge on any atom is -0.491 e. The van der Waals surface area contributed by atoms with Crippen LogP contribution in [0.1, 0.15) is 13.8 Å². The number of aromatic nitrogens is 4. The van der Waals surface area contributed by atoms with Crippen LogP contribution in [0.4, 0.5) is 0 Å². The molecule has 0 radical (unpaired) electrons. The molecule has 3 aromatic heterocycles. The fraction of sp³-hybridized carbons (Fsp3) is 0.192. The van der Waals surface area contributed by atoms with E-state index in [1.54, 1.807) is 0 Å². The molecule has 34 heavy (non-hydrogen) atoms. The van der Waals surface area contributed by atoms with E-state index in [2.05, 4.69) is 48.4 Å². The summed E-state index contributed by atoms with van der Waals surface area (Å²) in [6.45, 7) is 5.24. The van der Waals surface area contributed by atoms with Crippen molar-refractivity contribution < 1.29 is 4.74 Å². The molecule has 6 nitrogen and oxygen atoms in total. The van der Waals surface area contributed by atoms with Gasteiger partial charge in [0.25, 0.3) is 0 Å². The van der Waals surface area contributed by atoms with Crippen molar-refractivity contribution in [2.45, 2.75) is 13.8 Å². The number of nitrogens with two attached hydrogens (primary N) is 1. The van der Waals surface area contributed by atoms with Crippen molar-refractivity contribution in [1.82, 2.24) is 19.6 Å². The number of hydrogen-bond donors (Lipinski definition) is 1. The lowest BCUT2D eigenvalue weighted by molar-refractivity contribution is 0.189.